The third-order valence-corrected chi connectivity index (χ3v) is 3.98. The van der Waals surface area contributed by atoms with E-state index in [4.69, 9.17) is 11.6 Å². The number of anilines is 1. The van der Waals surface area contributed by atoms with Crippen LogP contribution in [0.3, 0.4) is 0 Å². The quantitative estimate of drug-likeness (QED) is 0.776. The van der Waals surface area contributed by atoms with E-state index in [1.165, 1.54) is 0 Å². The van der Waals surface area contributed by atoms with Gasteiger partial charge in [-0.15, -0.1) is 0 Å². The molecule has 0 aliphatic rings. The molecule has 1 amide bonds. The van der Waals surface area contributed by atoms with E-state index >= 15 is 0 Å². The summed E-state index contributed by atoms with van der Waals surface area (Å²) in [5, 5.41) is 7.86. The summed E-state index contributed by atoms with van der Waals surface area (Å²) in [7, 11) is 0. The third-order valence-electron chi connectivity index (χ3n) is 3.65. The molecule has 0 aliphatic carbocycles. The highest BCUT2D eigenvalue weighted by atomic mass is 35.5. The van der Waals surface area contributed by atoms with Gasteiger partial charge in [0, 0.05) is 0 Å². The van der Waals surface area contributed by atoms with Crippen molar-refractivity contribution in [1.29, 1.82) is 0 Å². The number of nitrogens with zero attached hydrogens (tertiary/aromatic N) is 2. The van der Waals surface area contributed by atoms with Gasteiger partial charge in [-0.2, -0.15) is 5.10 Å². The summed E-state index contributed by atoms with van der Waals surface area (Å²) in [5.41, 5.74) is 3.73. The largest absolute Gasteiger partial charge is 0.319 e. The average molecular weight is 326 g/mol. The fourth-order valence-electron chi connectivity index (χ4n) is 2.47. The number of aromatic nitrogens is 2. The summed E-state index contributed by atoms with van der Waals surface area (Å²) < 4.78 is 1.82. The molecule has 1 aromatic heterocycles. The molecular weight excluding hydrogens is 310 g/mol. The smallest absolute Gasteiger partial charge is 0.257 e. The van der Waals surface area contributed by atoms with Crippen LogP contribution < -0.4 is 5.32 Å². The third kappa shape index (κ3) is 2.98. The summed E-state index contributed by atoms with van der Waals surface area (Å²) in [5.74, 6) is -0.241. The number of aryl methyl sites for hydroxylation is 1. The molecule has 0 radical (unpaired) electrons. The summed E-state index contributed by atoms with van der Waals surface area (Å²) in [6, 6.07) is 16.8. The average Bonchev–Trinajstić information content (AvgIpc) is 2.84. The predicted molar refractivity (Wildman–Crippen MR) is 92.4 cm³/mol. The van der Waals surface area contributed by atoms with E-state index in [0.29, 0.717) is 16.3 Å². The standard InChI is InChI=1S/C18H16ClN3O/c1-12-17(20-18(23)15-10-6-7-11-16(15)19)13(2)22(21-12)14-8-4-3-5-9-14/h3-11H,1-2H3,(H,20,23). The van der Waals surface area contributed by atoms with Crippen LogP contribution in [0.1, 0.15) is 21.7 Å². The Labute approximate surface area is 139 Å². The number of rotatable bonds is 3. The fraction of sp³-hybridized carbons (Fsp3) is 0.111. The molecule has 3 rings (SSSR count). The van der Waals surface area contributed by atoms with Crippen molar-refractivity contribution in [2.45, 2.75) is 13.8 Å². The van der Waals surface area contributed by atoms with Gasteiger partial charge in [-0.05, 0) is 38.1 Å². The van der Waals surface area contributed by atoms with Crippen LogP contribution in [-0.4, -0.2) is 15.7 Å². The number of nitrogens with one attached hydrogen (secondary N) is 1. The Morgan fingerprint density at radius 2 is 1.70 bits per heavy atom. The van der Waals surface area contributed by atoms with Gasteiger partial charge in [-0.1, -0.05) is 41.9 Å². The van der Waals surface area contributed by atoms with E-state index in [9.17, 15) is 4.79 Å². The van der Waals surface area contributed by atoms with E-state index in [0.717, 1.165) is 17.1 Å². The Hall–Kier alpha value is -2.59. The molecule has 0 fully saturated rings. The van der Waals surface area contributed by atoms with Gasteiger partial charge in [-0.3, -0.25) is 4.79 Å². The van der Waals surface area contributed by atoms with E-state index in [-0.39, 0.29) is 5.91 Å². The van der Waals surface area contributed by atoms with Crippen molar-refractivity contribution in [3.05, 3.63) is 76.6 Å². The molecule has 1 N–H and O–H groups in total. The van der Waals surface area contributed by atoms with E-state index in [1.807, 2.05) is 48.9 Å². The molecule has 3 aromatic rings. The normalized spacial score (nSPS) is 10.6. The molecule has 0 saturated heterocycles. The van der Waals surface area contributed by atoms with Crippen LogP contribution in [0.2, 0.25) is 5.02 Å². The molecule has 0 spiro atoms. The second-order valence-electron chi connectivity index (χ2n) is 5.23. The summed E-state index contributed by atoms with van der Waals surface area (Å²) in [6.45, 7) is 3.80. The van der Waals surface area contributed by atoms with Crippen LogP contribution in [-0.2, 0) is 0 Å². The van der Waals surface area contributed by atoms with E-state index in [2.05, 4.69) is 10.4 Å². The maximum absolute atomic E-state index is 12.5. The number of amides is 1. The zero-order chi connectivity index (χ0) is 16.4. The lowest BCUT2D eigenvalue weighted by molar-refractivity contribution is 0.102. The van der Waals surface area contributed by atoms with Gasteiger partial charge in [0.1, 0.15) is 0 Å². The first-order valence-corrected chi connectivity index (χ1v) is 7.63. The topological polar surface area (TPSA) is 46.9 Å². The van der Waals surface area contributed by atoms with Gasteiger partial charge >= 0.3 is 0 Å². The molecule has 0 bridgehead atoms. The minimum Gasteiger partial charge on any atom is -0.319 e. The minimum absolute atomic E-state index is 0.241. The molecule has 1 heterocycles. The molecule has 4 nitrogen and oxygen atoms in total. The minimum atomic E-state index is -0.241. The Morgan fingerprint density at radius 3 is 2.39 bits per heavy atom. The summed E-state index contributed by atoms with van der Waals surface area (Å²) in [6.07, 6.45) is 0. The van der Waals surface area contributed by atoms with E-state index in [1.54, 1.807) is 24.3 Å². The van der Waals surface area contributed by atoms with Gasteiger partial charge in [0.05, 0.1) is 33.3 Å². The highest BCUT2D eigenvalue weighted by Crippen LogP contribution is 2.24. The summed E-state index contributed by atoms with van der Waals surface area (Å²) >= 11 is 6.08. The van der Waals surface area contributed by atoms with Crippen molar-refractivity contribution in [2.24, 2.45) is 0 Å². The van der Waals surface area contributed by atoms with Gasteiger partial charge in [0.2, 0.25) is 0 Å². The van der Waals surface area contributed by atoms with Gasteiger partial charge in [-0.25, -0.2) is 4.68 Å². The SMILES string of the molecule is Cc1nn(-c2ccccc2)c(C)c1NC(=O)c1ccccc1Cl. The van der Waals surface area contributed by atoms with Crippen molar-refractivity contribution in [3.8, 4) is 5.69 Å². The van der Waals surface area contributed by atoms with Gasteiger partial charge in [0.15, 0.2) is 0 Å². The lowest BCUT2D eigenvalue weighted by atomic mass is 10.2. The fourth-order valence-corrected chi connectivity index (χ4v) is 2.69. The number of carbonyl (C=O) groups excluding carboxylic acids is 1. The molecule has 5 heteroatoms. The number of hydrogen-bond donors (Lipinski definition) is 1. The van der Waals surface area contributed by atoms with Gasteiger partial charge < -0.3 is 5.32 Å². The molecule has 0 aliphatic heterocycles. The van der Waals surface area contributed by atoms with Crippen LogP contribution in [0.15, 0.2) is 54.6 Å². The van der Waals surface area contributed by atoms with E-state index < -0.39 is 0 Å². The highest BCUT2D eigenvalue weighted by molar-refractivity contribution is 6.34. The second-order valence-corrected chi connectivity index (χ2v) is 5.63. The van der Waals surface area contributed by atoms with Crippen LogP contribution in [0.25, 0.3) is 5.69 Å². The number of halogens is 1. The second kappa shape index (κ2) is 6.26. The molecular formula is C18H16ClN3O. The van der Waals surface area contributed by atoms with Crippen LogP contribution in [0, 0.1) is 13.8 Å². The monoisotopic (exact) mass is 325 g/mol. The number of carbonyl (C=O) groups is 1. The van der Waals surface area contributed by atoms with Crippen LogP contribution in [0.5, 0.6) is 0 Å². The number of para-hydroxylation sites is 1. The van der Waals surface area contributed by atoms with Crippen molar-refractivity contribution in [2.75, 3.05) is 5.32 Å². The Kier molecular flexibility index (Phi) is 4.17. The highest BCUT2D eigenvalue weighted by Gasteiger charge is 2.17. The molecule has 23 heavy (non-hydrogen) atoms. The number of benzene rings is 2. The molecule has 116 valence electrons. The van der Waals surface area contributed by atoms with Crippen molar-refractivity contribution < 1.29 is 4.79 Å². The van der Waals surface area contributed by atoms with Crippen LogP contribution >= 0.6 is 11.6 Å². The first kappa shape index (κ1) is 15.3. The lowest BCUT2D eigenvalue weighted by Crippen LogP contribution is -2.13. The Balaban J connectivity index is 1.94. The number of hydrogen-bond acceptors (Lipinski definition) is 2. The predicted octanol–water partition coefficient (Wildman–Crippen LogP) is 4.39. The van der Waals surface area contributed by atoms with Gasteiger partial charge in [0.25, 0.3) is 5.91 Å². The summed E-state index contributed by atoms with van der Waals surface area (Å²) in [4.78, 5) is 12.5. The molecule has 0 saturated carbocycles. The zero-order valence-corrected chi connectivity index (χ0v) is 13.6. The maximum Gasteiger partial charge on any atom is 0.257 e. The lowest BCUT2D eigenvalue weighted by Gasteiger charge is -2.08. The zero-order valence-electron chi connectivity index (χ0n) is 12.9. The van der Waals surface area contributed by atoms with Crippen LogP contribution in [0.4, 0.5) is 5.69 Å². The molecule has 0 atom stereocenters. The Bertz CT molecular complexity index is 856. The van der Waals surface area contributed by atoms with Crippen molar-refractivity contribution >= 4 is 23.2 Å². The molecule has 0 unspecified atom stereocenters. The van der Waals surface area contributed by atoms with Crippen molar-refractivity contribution in [1.82, 2.24) is 9.78 Å². The van der Waals surface area contributed by atoms with Crippen molar-refractivity contribution in [3.63, 3.8) is 0 Å². The Morgan fingerprint density at radius 1 is 1.04 bits per heavy atom. The molecule has 2 aromatic carbocycles. The maximum atomic E-state index is 12.5. The first-order chi connectivity index (χ1) is 11.1. The first-order valence-electron chi connectivity index (χ1n) is 7.25.